The second kappa shape index (κ2) is 11.9. The van der Waals surface area contributed by atoms with Crippen LogP contribution in [0.15, 0.2) is 18.2 Å². The van der Waals surface area contributed by atoms with Crippen molar-refractivity contribution in [3.8, 4) is 17.2 Å². The normalized spacial score (nSPS) is 15.7. The number of thiocarbonyl (C=S) groups is 1. The molecule has 178 valence electrons. The van der Waals surface area contributed by atoms with Gasteiger partial charge in [-0.1, -0.05) is 40.0 Å². The highest BCUT2D eigenvalue weighted by Gasteiger charge is 2.27. The summed E-state index contributed by atoms with van der Waals surface area (Å²) in [4.78, 5) is 12.7. The van der Waals surface area contributed by atoms with Crippen molar-refractivity contribution in [2.24, 2.45) is 5.41 Å². The largest absolute Gasteiger partial charge is 0.493 e. The highest BCUT2D eigenvalue weighted by atomic mass is 32.1. The molecule has 2 rings (SSSR count). The molecule has 1 aliphatic carbocycles. The first-order valence-corrected chi connectivity index (χ1v) is 11.4. The van der Waals surface area contributed by atoms with Crippen molar-refractivity contribution < 1.29 is 19.0 Å². The molecule has 0 radical (unpaired) electrons. The van der Waals surface area contributed by atoms with Gasteiger partial charge in [-0.2, -0.15) is 0 Å². The molecule has 1 amide bonds. The SMILES string of the molecule is COc1cc(C=CC(=O)NC(NC(=S)NC2CCCCC2)C(C)(C)C)cc(OC)c1OC. The van der Waals surface area contributed by atoms with Crippen LogP contribution in [0.25, 0.3) is 6.08 Å². The third-order valence-electron chi connectivity index (χ3n) is 5.48. The number of hydrogen-bond acceptors (Lipinski definition) is 5. The fourth-order valence-corrected chi connectivity index (χ4v) is 3.92. The maximum absolute atomic E-state index is 12.7. The third-order valence-corrected chi connectivity index (χ3v) is 5.72. The van der Waals surface area contributed by atoms with Crippen LogP contribution in [0.2, 0.25) is 0 Å². The fourth-order valence-electron chi connectivity index (χ4n) is 3.63. The zero-order valence-corrected chi connectivity index (χ0v) is 20.9. The predicted molar refractivity (Wildman–Crippen MR) is 132 cm³/mol. The number of amides is 1. The average Bonchev–Trinajstić information content (AvgIpc) is 2.76. The first-order chi connectivity index (χ1) is 15.2. The van der Waals surface area contributed by atoms with Crippen LogP contribution in [0, 0.1) is 5.41 Å². The van der Waals surface area contributed by atoms with E-state index in [0.29, 0.717) is 28.4 Å². The van der Waals surface area contributed by atoms with E-state index in [0.717, 1.165) is 18.4 Å². The van der Waals surface area contributed by atoms with Gasteiger partial charge in [0.2, 0.25) is 11.7 Å². The van der Waals surface area contributed by atoms with Crippen LogP contribution in [0.4, 0.5) is 0 Å². The summed E-state index contributed by atoms with van der Waals surface area (Å²) in [7, 11) is 4.67. The topological polar surface area (TPSA) is 80.9 Å². The molecule has 3 N–H and O–H groups in total. The minimum atomic E-state index is -0.330. The molecule has 1 aromatic carbocycles. The number of carbonyl (C=O) groups is 1. The molecule has 1 fully saturated rings. The molecule has 1 unspecified atom stereocenters. The van der Waals surface area contributed by atoms with Crippen LogP contribution in [0.3, 0.4) is 0 Å². The van der Waals surface area contributed by atoms with Gasteiger partial charge in [-0.15, -0.1) is 0 Å². The molecule has 0 aliphatic heterocycles. The first kappa shape index (κ1) is 25.8. The van der Waals surface area contributed by atoms with Gasteiger partial charge < -0.3 is 30.2 Å². The molecule has 1 atom stereocenters. The molecule has 8 heteroatoms. The number of carbonyl (C=O) groups excluding carboxylic acids is 1. The monoisotopic (exact) mass is 463 g/mol. The van der Waals surface area contributed by atoms with Gasteiger partial charge >= 0.3 is 0 Å². The van der Waals surface area contributed by atoms with Crippen molar-refractivity contribution in [1.82, 2.24) is 16.0 Å². The third kappa shape index (κ3) is 7.58. The fraction of sp³-hybridized carbons (Fsp3) is 0.583. The summed E-state index contributed by atoms with van der Waals surface area (Å²) < 4.78 is 16.1. The van der Waals surface area contributed by atoms with Crippen LogP contribution in [-0.2, 0) is 4.79 Å². The van der Waals surface area contributed by atoms with Gasteiger partial charge in [-0.25, -0.2) is 0 Å². The van der Waals surface area contributed by atoms with Crippen molar-refractivity contribution >= 4 is 29.3 Å². The van der Waals surface area contributed by atoms with E-state index in [9.17, 15) is 4.79 Å². The summed E-state index contributed by atoms with van der Waals surface area (Å²) in [6.45, 7) is 6.16. The number of ether oxygens (including phenoxy) is 3. The van der Waals surface area contributed by atoms with Gasteiger partial charge in [-0.05, 0) is 48.8 Å². The van der Waals surface area contributed by atoms with Gasteiger partial charge in [0.25, 0.3) is 0 Å². The molecule has 0 bridgehead atoms. The standard InChI is InChI=1S/C24H37N3O4S/c1-24(2,3)22(27-23(32)25-17-10-8-7-9-11-17)26-20(28)13-12-16-14-18(29-4)21(31-6)19(15-16)30-5/h12-15,17,22H,7-11H2,1-6H3,(H,26,28)(H2,25,27,32). The molecule has 7 nitrogen and oxygen atoms in total. The van der Waals surface area contributed by atoms with Crippen molar-refractivity contribution in [2.45, 2.75) is 65.1 Å². The Kier molecular flexibility index (Phi) is 9.62. The molecular formula is C24H37N3O4S. The van der Waals surface area contributed by atoms with Gasteiger partial charge in [-0.3, -0.25) is 4.79 Å². The Labute approximate surface area is 197 Å². The summed E-state index contributed by atoms with van der Waals surface area (Å²) in [6, 6.07) is 3.97. The second-order valence-electron chi connectivity index (χ2n) is 9.05. The Hall–Kier alpha value is -2.48. The van der Waals surface area contributed by atoms with E-state index in [1.165, 1.54) is 25.3 Å². The van der Waals surface area contributed by atoms with Gasteiger partial charge in [0.05, 0.1) is 21.3 Å². The van der Waals surface area contributed by atoms with E-state index < -0.39 is 0 Å². The Morgan fingerprint density at radius 3 is 2.12 bits per heavy atom. The Bertz CT molecular complexity index is 789. The Morgan fingerprint density at radius 2 is 1.62 bits per heavy atom. The first-order valence-electron chi connectivity index (χ1n) is 11.0. The maximum atomic E-state index is 12.7. The lowest BCUT2D eigenvalue weighted by molar-refractivity contribution is -0.118. The zero-order chi connectivity index (χ0) is 23.7. The van der Waals surface area contributed by atoms with Crippen LogP contribution >= 0.6 is 12.2 Å². The van der Waals surface area contributed by atoms with Crippen molar-refractivity contribution in [2.75, 3.05) is 21.3 Å². The molecule has 0 saturated heterocycles. The number of benzene rings is 1. The summed E-state index contributed by atoms with van der Waals surface area (Å²) in [6.07, 6.45) is 8.87. The highest BCUT2D eigenvalue weighted by Crippen LogP contribution is 2.38. The minimum absolute atomic E-state index is 0.230. The lowest BCUT2D eigenvalue weighted by Crippen LogP contribution is -2.58. The van der Waals surface area contributed by atoms with Crippen LogP contribution < -0.4 is 30.2 Å². The second-order valence-corrected chi connectivity index (χ2v) is 9.46. The van der Waals surface area contributed by atoms with E-state index >= 15 is 0 Å². The van der Waals surface area contributed by atoms with Gasteiger partial charge in [0.15, 0.2) is 16.6 Å². The average molecular weight is 464 g/mol. The van der Waals surface area contributed by atoms with Crippen LogP contribution in [-0.4, -0.2) is 44.6 Å². The Balaban J connectivity index is 2.05. The van der Waals surface area contributed by atoms with Crippen molar-refractivity contribution in [3.63, 3.8) is 0 Å². The van der Waals surface area contributed by atoms with E-state index in [-0.39, 0.29) is 17.5 Å². The smallest absolute Gasteiger partial charge is 0.245 e. The highest BCUT2D eigenvalue weighted by molar-refractivity contribution is 7.80. The van der Waals surface area contributed by atoms with Gasteiger partial charge in [0.1, 0.15) is 6.17 Å². The van der Waals surface area contributed by atoms with Gasteiger partial charge in [0, 0.05) is 17.5 Å². The summed E-state index contributed by atoms with van der Waals surface area (Å²) in [5, 5.41) is 10.3. The molecule has 0 aromatic heterocycles. The molecule has 1 saturated carbocycles. The summed E-state index contributed by atoms with van der Waals surface area (Å²) in [5.74, 6) is 1.33. The quantitative estimate of drug-likeness (QED) is 0.305. The molecule has 1 aliphatic rings. The zero-order valence-electron chi connectivity index (χ0n) is 20.0. The molecule has 1 aromatic rings. The van der Waals surface area contributed by atoms with E-state index in [4.69, 9.17) is 26.4 Å². The molecular weight excluding hydrogens is 426 g/mol. The van der Waals surface area contributed by atoms with Crippen molar-refractivity contribution in [3.05, 3.63) is 23.8 Å². The number of methoxy groups -OCH3 is 3. The number of rotatable bonds is 8. The summed E-state index contributed by atoms with van der Waals surface area (Å²) in [5.41, 5.74) is 0.512. The predicted octanol–water partition coefficient (Wildman–Crippen LogP) is 4.01. The van der Waals surface area contributed by atoms with Crippen molar-refractivity contribution in [1.29, 1.82) is 0 Å². The maximum Gasteiger partial charge on any atom is 0.245 e. The molecule has 0 heterocycles. The lowest BCUT2D eigenvalue weighted by Gasteiger charge is -2.34. The van der Waals surface area contributed by atoms with E-state index in [1.54, 1.807) is 39.5 Å². The van der Waals surface area contributed by atoms with E-state index in [1.807, 2.05) is 0 Å². The Morgan fingerprint density at radius 1 is 1.03 bits per heavy atom. The minimum Gasteiger partial charge on any atom is -0.493 e. The van der Waals surface area contributed by atoms with Crippen LogP contribution in [0.1, 0.15) is 58.4 Å². The summed E-state index contributed by atoms with van der Waals surface area (Å²) >= 11 is 5.52. The molecule has 32 heavy (non-hydrogen) atoms. The van der Waals surface area contributed by atoms with E-state index in [2.05, 4.69) is 36.7 Å². The number of hydrogen-bond donors (Lipinski definition) is 3. The number of nitrogens with one attached hydrogen (secondary N) is 3. The van der Waals surface area contributed by atoms with Crippen LogP contribution in [0.5, 0.6) is 17.2 Å². The molecule has 0 spiro atoms. The lowest BCUT2D eigenvalue weighted by atomic mass is 9.92.